The third-order valence-electron chi connectivity index (χ3n) is 5.02. The second-order valence-electron chi connectivity index (χ2n) is 7.58. The van der Waals surface area contributed by atoms with Crippen molar-refractivity contribution in [2.45, 2.75) is 32.0 Å². The second kappa shape index (κ2) is 10.3. The molecule has 1 aromatic heterocycles. The zero-order valence-corrected chi connectivity index (χ0v) is 17.3. The average molecular weight is 451 g/mol. The normalized spacial score (nSPS) is 16.3. The van der Waals surface area contributed by atoms with Crippen molar-refractivity contribution in [1.82, 2.24) is 9.88 Å². The van der Waals surface area contributed by atoms with Gasteiger partial charge in [0, 0.05) is 19.3 Å². The summed E-state index contributed by atoms with van der Waals surface area (Å²) < 4.78 is 44.7. The van der Waals surface area contributed by atoms with Gasteiger partial charge in [0.15, 0.2) is 0 Å². The van der Waals surface area contributed by atoms with E-state index in [4.69, 9.17) is 9.84 Å². The van der Waals surface area contributed by atoms with Gasteiger partial charge in [-0.05, 0) is 48.2 Å². The number of hydrogen-bond donors (Lipinski definition) is 2. The Balaban J connectivity index is 1.65. The minimum atomic E-state index is -4.58. The number of pyridine rings is 1. The van der Waals surface area contributed by atoms with Crippen LogP contribution in [0, 0.1) is 5.92 Å². The Morgan fingerprint density at radius 3 is 2.75 bits per heavy atom. The Bertz CT molecular complexity index is 938. The van der Waals surface area contributed by atoms with Crippen molar-refractivity contribution in [3.63, 3.8) is 0 Å². The molecule has 2 heterocycles. The summed E-state index contributed by atoms with van der Waals surface area (Å²) >= 11 is 0. The molecule has 0 radical (unpaired) electrons. The van der Waals surface area contributed by atoms with Crippen molar-refractivity contribution in [1.29, 1.82) is 0 Å². The maximum absolute atomic E-state index is 13.0. The maximum atomic E-state index is 13.0. The second-order valence-corrected chi connectivity index (χ2v) is 7.58. The molecule has 2 aromatic rings. The van der Waals surface area contributed by atoms with Crippen LogP contribution < -0.4 is 10.1 Å². The summed E-state index contributed by atoms with van der Waals surface area (Å²) in [6, 6.07) is 10.5. The number of nitrogens with one attached hydrogen (secondary N) is 1. The van der Waals surface area contributed by atoms with Gasteiger partial charge in [-0.2, -0.15) is 13.2 Å². The summed E-state index contributed by atoms with van der Waals surface area (Å²) in [7, 11) is 0. The first kappa shape index (κ1) is 23.4. The summed E-state index contributed by atoms with van der Waals surface area (Å²) in [5, 5.41) is 12.2. The largest absolute Gasteiger partial charge is 0.494 e. The van der Waals surface area contributed by atoms with Crippen LogP contribution >= 0.6 is 0 Å². The highest BCUT2D eigenvalue weighted by molar-refractivity contribution is 5.84. The van der Waals surface area contributed by atoms with Gasteiger partial charge in [0.2, 0.25) is 5.91 Å². The smallest absolute Gasteiger partial charge is 0.406 e. The molecule has 0 saturated carbocycles. The minimum absolute atomic E-state index is 0.0725. The number of carbonyl (C=O) groups is 2. The van der Waals surface area contributed by atoms with Crippen LogP contribution in [0.4, 0.5) is 19.0 Å². The summed E-state index contributed by atoms with van der Waals surface area (Å²) in [6.45, 7) is -0.661. The highest BCUT2D eigenvalue weighted by Crippen LogP contribution is 2.30. The van der Waals surface area contributed by atoms with Crippen molar-refractivity contribution < 1.29 is 32.6 Å². The van der Waals surface area contributed by atoms with Crippen molar-refractivity contribution >= 4 is 17.7 Å². The summed E-state index contributed by atoms with van der Waals surface area (Å²) in [5.74, 6) is -1.83. The van der Waals surface area contributed by atoms with Crippen molar-refractivity contribution in [3.05, 3.63) is 53.7 Å². The van der Waals surface area contributed by atoms with Crippen LogP contribution in [0.1, 0.15) is 24.0 Å². The number of aliphatic carboxylic acids is 1. The number of nitrogens with zero attached hydrogens (tertiary/aromatic N) is 2. The molecule has 1 atom stereocenters. The lowest BCUT2D eigenvalue weighted by Crippen LogP contribution is -2.41. The number of amides is 1. The molecule has 0 spiro atoms. The number of rotatable bonds is 9. The van der Waals surface area contributed by atoms with E-state index < -0.39 is 36.9 Å². The molecule has 3 rings (SSSR count). The highest BCUT2D eigenvalue weighted by Gasteiger charge is 2.38. The molecule has 0 fully saturated rings. The maximum Gasteiger partial charge on any atom is 0.406 e. The molecule has 1 unspecified atom stereocenters. The number of carbonyl (C=O) groups excluding carboxylic acids is 1. The molecule has 0 bridgehead atoms. The number of aromatic nitrogens is 1. The number of anilines is 1. The van der Waals surface area contributed by atoms with Gasteiger partial charge in [0.1, 0.15) is 18.1 Å². The Labute approximate surface area is 183 Å². The van der Waals surface area contributed by atoms with Crippen LogP contribution in [-0.4, -0.2) is 52.7 Å². The number of halogens is 3. The molecular weight excluding hydrogens is 427 g/mol. The number of ether oxygens (including phenoxy) is 1. The summed E-state index contributed by atoms with van der Waals surface area (Å²) in [4.78, 5) is 28.5. The SMILES string of the molecule is O=C(O)CC1Cc2ccc(OCCCNc3ccccn3)cc2CN(CC(F)(F)F)C1=O. The van der Waals surface area contributed by atoms with Gasteiger partial charge in [-0.1, -0.05) is 12.1 Å². The Morgan fingerprint density at radius 1 is 1.25 bits per heavy atom. The lowest BCUT2D eigenvalue weighted by Gasteiger charge is -2.25. The fourth-order valence-electron chi connectivity index (χ4n) is 3.60. The van der Waals surface area contributed by atoms with Crippen LogP contribution in [0.3, 0.4) is 0 Å². The number of hydrogen-bond acceptors (Lipinski definition) is 5. The number of alkyl halides is 3. The molecule has 1 amide bonds. The third kappa shape index (κ3) is 6.86. The lowest BCUT2D eigenvalue weighted by atomic mass is 9.94. The van der Waals surface area contributed by atoms with Crippen molar-refractivity contribution in [3.8, 4) is 5.75 Å². The van der Waals surface area contributed by atoms with Crippen molar-refractivity contribution in [2.75, 3.05) is 25.0 Å². The van der Waals surface area contributed by atoms with E-state index in [2.05, 4.69) is 10.3 Å². The van der Waals surface area contributed by atoms with E-state index >= 15 is 0 Å². The monoisotopic (exact) mass is 451 g/mol. The molecule has 0 aliphatic carbocycles. The molecule has 172 valence electrons. The first-order chi connectivity index (χ1) is 15.2. The fourth-order valence-corrected chi connectivity index (χ4v) is 3.60. The number of carboxylic acids is 1. The molecule has 32 heavy (non-hydrogen) atoms. The zero-order chi connectivity index (χ0) is 23.1. The molecule has 7 nitrogen and oxygen atoms in total. The van der Waals surface area contributed by atoms with Gasteiger partial charge in [-0.3, -0.25) is 9.59 Å². The van der Waals surface area contributed by atoms with Gasteiger partial charge in [-0.25, -0.2) is 4.98 Å². The van der Waals surface area contributed by atoms with Crippen LogP contribution in [0.5, 0.6) is 5.75 Å². The topological polar surface area (TPSA) is 91.8 Å². The Kier molecular flexibility index (Phi) is 7.55. The van der Waals surface area contributed by atoms with Crippen LogP contribution in [0.25, 0.3) is 0 Å². The van der Waals surface area contributed by atoms with E-state index in [0.717, 1.165) is 5.82 Å². The molecule has 0 saturated heterocycles. The quantitative estimate of drug-likeness (QED) is 0.567. The predicted octanol–water partition coefficient (Wildman–Crippen LogP) is 3.50. The molecule has 1 aromatic carbocycles. The van der Waals surface area contributed by atoms with E-state index in [9.17, 15) is 22.8 Å². The fraction of sp³-hybridized carbons (Fsp3) is 0.409. The summed E-state index contributed by atoms with van der Waals surface area (Å²) in [6.07, 6.45) is -2.67. The van der Waals surface area contributed by atoms with E-state index in [1.54, 1.807) is 24.4 Å². The molecular formula is C22H24F3N3O4. The van der Waals surface area contributed by atoms with Gasteiger partial charge >= 0.3 is 12.1 Å². The number of fused-ring (bicyclic) bond motifs is 1. The third-order valence-corrected chi connectivity index (χ3v) is 5.02. The Hall–Kier alpha value is -3.30. The van der Waals surface area contributed by atoms with E-state index in [1.807, 2.05) is 18.2 Å². The molecule has 1 aliphatic heterocycles. The Morgan fingerprint density at radius 2 is 2.06 bits per heavy atom. The van der Waals surface area contributed by atoms with Crippen LogP contribution in [-0.2, 0) is 22.6 Å². The van der Waals surface area contributed by atoms with Crippen molar-refractivity contribution in [2.24, 2.45) is 5.92 Å². The van der Waals surface area contributed by atoms with Gasteiger partial charge in [-0.15, -0.1) is 0 Å². The van der Waals surface area contributed by atoms with Crippen LogP contribution in [0.2, 0.25) is 0 Å². The van der Waals surface area contributed by atoms with Gasteiger partial charge in [0.05, 0.1) is 18.9 Å². The average Bonchev–Trinajstić information content (AvgIpc) is 2.84. The van der Waals surface area contributed by atoms with E-state index in [1.165, 1.54) is 0 Å². The molecule has 10 heteroatoms. The zero-order valence-electron chi connectivity index (χ0n) is 17.3. The summed E-state index contributed by atoms with van der Waals surface area (Å²) in [5.41, 5.74) is 1.18. The highest BCUT2D eigenvalue weighted by atomic mass is 19.4. The standard InChI is InChI=1S/C22H24F3N3O4/c23-22(24,25)14-28-13-17-11-18(32-9-3-8-27-19-4-1-2-7-26-19)6-5-15(17)10-16(21(28)31)12-20(29)30/h1-2,4-7,11,16H,3,8-10,12-14H2,(H,26,27)(H,29,30). The van der Waals surface area contributed by atoms with E-state index in [-0.39, 0.29) is 13.0 Å². The van der Waals surface area contributed by atoms with Crippen LogP contribution in [0.15, 0.2) is 42.6 Å². The lowest BCUT2D eigenvalue weighted by molar-refractivity contribution is -0.165. The minimum Gasteiger partial charge on any atom is -0.494 e. The predicted molar refractivity (Wildman–Crippen MR) is 110 cm³/mol. The first-order valence-corrected chi connectivity index (χ1v) is 10.2. The van der Waals surface area contributed by atoms with E-state index in [0.29, 0.717) is 41.3 Å². The van der Waals surface area contributed by atoms with Gasteiger partial charge < -0.3 is 20.1 Å². The molecule has 1 aliphatic rings. The first-order valence-electron chi connectivity index (χ1n) is 10.2. The number of benzene rings is 1. The number of carboxylic acid groups (broad SMARTS) is 1. The molecule has 2 N–H and O–H groups in total. The van der Waals surface area contributed by atoms with Gasteiger partial charge in [0.25, 0.3) is 0 Å².